The Bertz CT molecular complexity index is 897. The molecule has 26 heavy (non-hydrogen) atoms. The van der Waals surface area contributed by atoms with Crippen molar-refractivity contribution in [1.29, 1.82) is 0 Å². The van der Waals surface area contributed by atoms with Gasteiger partial charge in [0.05, 0.1) is 12.0 Å². The first-order valence-corrected chi connectivity index (χ1v) is 8.80. The van der Waals surface area contributed by atoms with Gasteiger partial charge in [-0.2, -0.15) is 5.10 Å². The molecule has 1 aliphatic carbocycles. The third-order valence-electron chi connectivity index (χ3n) is 5.09. The summed E-state index contributed by atoms with van der Waals surface area (Å²) in [7, 11) is 0. The van der Waals surface area contributed by atoms with E-state index in [1.165, 1.54) is 0 Å². The second-order valence-electron chi connectivity index (χ2n) is 6.64. The summed E-state index contributed by atoms with van der Waals surface area (Å²) in [6.07, 6.45) is 2.86. The molecule has 0 atom stereocenters. The van der Waals surface area contributed by atoms with Gasteiger partial charge in [-0.1, -0.05) is 36.8 Å². The minimum Gasteiger partial charge on any atom is -0.325 e. The van der Waals surface area contributed by atoms with Crippen molar-refractivity contribution in [3.05, 3.63) is 66.0 Å². The van der Waals surface area contributed by atoms with Gasteiger partial charge in [0, 0.05) is 11.3 Å². The summed E-state index contributed by atoms with van der Waals surface area (Å²) in [6.45, 7) is 0.322. The number of rotatable bonds is 5. The van der Waals surface area contributed by atoms with Gasteiger partial charge in [-0.3, -0.25) is 9.89 Å². The van der Waals surface area contributed by atoms with Gasteiger partial charge in [-0.15, -0.1) is 0 Å². The number of nitrogens with zero attached hydrogens (tertiary/aromatic N) is 2. The fraction of sp³-hybridized carbons (Fsp3) is 0.250. The lowest BCUT2D eigenvalue weighted by Crippen LogP contribution is -2.45. The van der Waals surface area contributed by atoms with E-state index in [0.29, 0.717) is 18.2 Å². The van der Waals surface area contributed by atoms with Crippen LogP contribution in [0.1, 0.15) is 30.7 Å². The minimum absolute atomic E-state index is 0.0611. The summed E-state index contributed by atoms with van der Waals surface area (Å²) in [5, 5.41) is 10.0. The number of amides is 1. The van der Waals surface area contributed by atoms with Crippen LogP contribution in [0.2, 0.25) is 0 Å². The zero-order valence-corrected chi connectivity index (χ0v) is 14.4. The van der Waals surface area contributed by atoms with Gasteiger partial charge >= 0.3 is 0 Å². The predicted molar refractivity (Wildman–Crippen MR) is 100 cm³/mol. The standard InChI is InChI=1S/C20H21N5O/c21-13-17-23-18(25-24-17)14-7-9-16(10-8-14)22-19(26)20(11-4-12-20)15-5-2-1-3-6-15/h1-3,5-10H,4,11-13,21H2,(H,22,26)(H,23,24,25). The van der Waals surface area contributed by atoms with Gasteiger partial charge < -0.3 is 11.1 Å². The van der Waals surface area contributed by atoms with E-state index in [2.05, 4.69) is 20.5 Å². The molecule has 4 N–H and O–H groups in total. The van der Waals surface area contributed by atoms with E-state index in [-0.39, 0.29) is 5.91 Å². The summed E-state index contributed by atoms with van der Waals surface area (Å²) < 4.78 is 0. The number of anilines is 1. The van der Waals surface area contributed by atoms with Crippen molar-refractivity contribution >= 4 is 11.6 Å². The van der Waals surface area contributed by atoms with Gasteiger partial charge in [-0.25, -0.2) is 4.98 Å². The maximum Gasteiger partial charge on any atom is 0.235 e. The number of nitrogens with one attached hydrogen (secondary N) is 2. The largest absolute Gasteiger partial charge is 0.325 e. The Morgan fingerprint density at radius 3 is 2.42 bits per heavy atom. The van der Waals surface area contributed by atoms with Gasteiger partial charge in [0.2, 0.25) is 5.91 Å². The van der Waals surface area contributed by atoms with Crippen molar-refractivity contribution in [3.63, 3.8) is 0 Å². The molecule has 1 heterocycles. The van der Waals surface area contributed by atoms with Crippen molar-refractivity contribution in [2.75, 3.05) is 5.32 Å². The van der Waals surface area contributed by atoms with E-state index in [1.807, 2.05) is 54.6 Å². The van der Waals surface area contributed by atoms with Gasteiger partial charge in [0.1, 0.15) is 5.82 Å². The highest BCUT2D eigenvalue weighted by atomic mass is 16.2. The van der Waals surface area contributed by atoms with Crippen molar-refractivity contribution in [3.8, 4) is 11.4 Å². The molecule has 1 saturated carbocycles. The number of carbonyl (C=O) groups is 1. The molecule has 1 amide bonds. The maximum absolute atomic E-state index is 13.0. The third-order valence-corrected chi connectivity index (χ3v) is 5.09. The maximum atomic E-state index is 13.0. The van der Waals surface area contributed by atoms with Crippen molar-refractivity contribution in [1.82, 2.24) is 15.2 Å². The molecule has 0 saturated heterocycles. The smallest absolute Gasteiger partial charge is 0.235 e. The molecule has 132 valence electrons. The Hall–Kier alpha value is -2.99. The normalized spacial score (nSPS) is 15.3. The van der Waals surface area contributed by atoms with E-state index < -0.39 is 5.41 Å². The molecule has 0 aliphatic heterocycles. The predicted octanol–water partition coefficient (Wildman–Crippen LogP) is 2.99. The van der Waals surface area contributed by atoms with Crippen LogP contribution < -0.4 is 11.1 Å². The Morgan fingerprint density at radius 1 is 1.12 bits per heavy atom. The number of aromatic nitrogens is 3. The molecule has 2 aromatic carbocycles. The lowest BCUT2D eigenvalue weighted by molar-refractivity contribution is -0.124. The highest BCUT2D eigenvalue weighted by Crippen LogP contribution is 2.44. The topological polar surface area (TPSA) is 96.7 Å². The summed E-state index contributed by atoms with van der Waals surface area (Å²) in [5.74, 6) is 1.31. The van der Waals surface area contributed by atoms with Crippen LogP contribution in [0.5, 0.6) is 0 Å². The lowest BCUT2D eigenvalue weighted by atomic mass is 9.64. The fourth-order valence-corrected chi connectivity index (χ4v) is 3.40. The van der Waals surface area contributed by atoms with E-state index in [4.69, 9.17) is 5.73 Å². The van der Waals surface area contributed by atoms with Crippen LogP contribution in [0.15, 0.2) is 54.6 Å². The number of benzene rings is 2. The fourth-order valence-electron chi connectivity index (χ4n) is 3.40. The average Bonchev–Trinajstić information content (AvgIpc) is 3.11. The van der Waals surface area contributed by atoms with E-state index in [1.54, 1.807) is 0 Å². The molecular formula is C20H21N5O. The molecule has 0 spiro atoms. The molecule has 1 fully saturated rings. The van der Waals surface area contributed by atoms with Crippen LogP contribution in [-0.4, -0.2) is 21.1 Å². The Balaban J connectivity index is 1.51. The van der Waals surface area contributed by atoms with E-state index in [0.717, 1.165) is 36.1 Å². The number of nitrogens with two attached hydrogens (primary N) is 1. The zero-order chi connectivity index (χ0) is 18.0. The molecular weight excluding hydrogens is 326 g/mol. The molecule has 0 bridgehead atoms. The Labute approximate surface area is 151 Å². The molecule has 3 aromatic rings. The first kappa shape index (κ1) is 16.5. The third kappa shape index (κ3) is 2.88. The number of aromatic amines is 1. The van der Waals surface area contributed by atoms with E-state index in [9.17, 15) is 4.79 Å². The number of carbonyl (C=O) groups excluding carboxylic acids is 1. The highest BCUT2D eigenvalue weighted by molar-refractivity contribution is 6.00. The first-order valence-electron chi connectivity index (χ1n) is 8.80. The Kier molecular flexibility index (Phi) is 4.26. The lowest BCUT2D eigenvalue weighted by Gasteiger charge is -2.40. The molecule has 0 radical (unpaired) electrons. The molecule has 4 rings (SSSR count). The molecule has 0 unspecified atom stereocenters. The van der Waals surface area contributed by atoms with Crippen LogP contribution in [0.4, 0.5) is 5.69 Å². The number of hydrogen-bond donors (Lipinski definition) is 3. The van der Waals surface area contributed by atoms with Gasteiger partial charge in [0.25, 0.3) is 0 Å². The van der Waals surface area contributed by atoms with Gasteiger partial charge in [-0.05, 0) is 42.7 Å². The average molecular weight is 347 g/mol. The van der Waals surface area contributed by atoms with Crippen LogP contribution in [0.3, 0.4) is 0 Å². The number of hydrogen-bond acceptors (Lipinski definition) is 4. The highest BCUT2D eigenvalue weighted by Gasteiger charge is 2.45. The second-order valence-corrected chi connectivity index (χ2v) is 6.64. The minimum atomic E-state index is -0.403. The SMILES string of the molecule is NCc1nc(-c2ccc(NC(=O)C3(c4ccccc4)CCC3)cc2)n[nH]1. The first-order chi connectivity index (χ1) is 12.7. The van der Waals surface area contributed by atoms with Crippen molar-refractivity contribution in [2.45, 2.75) is 31.2 Å². The number of H-pyrrole nitrogens is 1. The van der Waals surface area contributed by atoms with Crippen LogP contribution in [-0.2, 0) is 16.8 Å². The Morgan fingerprint density at radius 2 is 1.85 bits per heavy atom. The monoisotopic (exact) mass is 347 g/mol. The van der Waals surface area contributed by atoms with Crippen molar-refractivity contribution < 1.29 is 4.79 Å². The molecule has 6 heteroatoms. The van der Waals surface area contributed by atoms with Gasteiger partial charge in [0.15, 0.2) is 5.82 Å². The molecule has 1 aliphatic rings. The van der Waals surface area contributed by atoms with Crippen LogP contribution in [0, 0.1) is 0 Å². The summed E-state index contributed by atoms with van der Waals surface area (Å²) in [4.78, 5) is 17.3. The van der Waals surface area contributed by atoms with Crippen LogP contribution >= 0.6 is 0 Å². The summed E-state index contributed by atoms with van der Waals surface area (Å²) in [6, 6.07) is 17.6. The molecule has 6 nitrogen and oxygen atoms in total. The zero-order valence-electron chi connectivity index (χ0n) is 14.4. The second kappa shape index (κ2) is 6.72. The molecule has 1 aromatic heterocycles. The van der Waals surface area contributed by atoms with Crippen LogP contribution in [0.25, 0.3) is 11.4 Å². The summed E-state index contributed by atoms with van der Waals surface area (Å²) >= 11 is 0. The van der Waals surface area contributed by atoms with E-state index >= 15 is 0 Å². The van der Waals surface area contributed by atoms with Crippen molar-refractivity contribution in [2.24, 2.45) is 5.73 Å². The quantitative estimate of drug-likeness (QED) is 0.661. The summed E-state index contributed by atoms with van der Waals surface area (Å²) in [5.41, 5.74) is 7.89.